The summed E-state index contributed by atoms with van der Waals surface area (Å²) in [4.78, 5) is 10.0. The lowest BCUT2D eigenvalue weighted by Crippen LogP contribution is -2.26. The van der Waals surface area contributed by atoms with Crippen molar-refractivity contribution in [2.45, 2.75) is 25.0 Å². The summed E-state index contributed by atoms with van der Waals surface area (Å²) in [5.74, 6) is -1.08. The Labute approximate surface area is 64.4 Å². The smallest absolute Gasteiger partial charge is 0.305 e. The van der Waals surface area contributed by atoms with Crippen LogP contribution in [0.25, 0.3) is 0 Å². The predicted octanol–water partition coefficient (Wildman–Crippen LogP) is -1.47. The SMILES string of the molecule is NC[C@@H](O)C[C@@H](O)CC(=O)O. The molecule has 0 unspecified atom stereocenters. The standard InChI is InChI=1S/C6H13NO4/c7-3-5(9)1-4(8)2-6(10)11/h4-5,8-9H,1-3,7H2,(H,10,11)/t4-,5+/m1/s1. The molecule has 0 fully saturated rings. The molecule has 0 radical (unpaired) electrons. The van der Waals surface area contributed by atoms with Crippen molar-refractivity contribution >= 4 is 5.97 Å². The molecule has 0 aliphatic carbocycles. The van der Waals surface area contributed by atoms with E-state index in [0.29, 0.717) is 0 Å². The quantitative estimate of drug-likeness (QED) is 0.396. The van der Waals surface area contributed by atoms with Gasteiger partial charge in [-0.2, -0.15) is 0 Å². The van der Waals surface area contributed by atoms with E-state index in [9.17, 15) is 4.79 Å². The van der Waals surface area contributed by atoms with Crippen LogP contribution in [0.4, 0.5) is 0 Å². The number of rotatable bonds is 5. The van der Waals surface area contributed by atoms with Crippen LogP contribution in [0.1, 0.15) is 12.8 Å². The molecule has 0 spiro atoms. The van der Waals surface area contributed by atoms with Crippen molar-refractivity contribution in [3.63, 3.8) is 0 Å². The lowest BCUT2D eigenvalue weighted by atomic mass is 10.1. The first-order chi connectivity index (χ1) is 5.06. The minimum Gasteiger partial charge on any atom is -0.481 e. The third kappa shape index (κ3) is 5.78. The molecule has 66 valence electrons. The van der Waals surface area contributed by atoms with Gasteiger partial charge in [-0.15, -0.1) is 0 Å². The Balaban J connectivity index is 3.51. The monoisotopic (exact) mass is 163 g/mol. The Bertz CT molecular complexity index is 128. The van der Waals surface area contributed by atoms with Crippen LogP contribution in [0.5, 0.6) is 0 Å². The van der Waals surface area contributed by atoms with E-state index in [1.54, 1.807) is 0 Å². The van der Waals surface area contributed by atoms with Crippen molar-refractivity contribution < 1.29 is 20.1 Å². The number of hydrogen-bond acceptors (Lipinski definition) is 4. The summed E-state index contributed by atoms with van der Waals surface area (Å²) in [5, 5.41) is 26.0. The Morgan fingerprint density at radius 2 is 1.91 bits per heavy atom. The maximum atomic E-state index is 10.0. The summed E-state index contributed by atoms with van der Waals surface area (Å²) in [6.45, 7) is 0.0384. The molecule has 2 atom stereocenters. The van der Waals surface area contributed by atoms with Crippen LogP contribution >= 0.6 is 0 Å². The minimum atomic E-state index is -1.08. The molecule has 5 N–H and O–H groups in total. The van der Waals surface area contributed by atoms with Crippen molar-refractivity contribution in [2.75, 3.05) is 6.54 Å². The van der Waals surface area contributed by atoms with Crippen LogP contribution in [-0.2, 0) is 4.79 Å². The second-order valence-corrected chi connectivity index (χ2v) is 2.38. The van der Waals surface area contributed by atoms with Gasteiger partial charge in [0.05, 0.1) is 18.6 Å². The average molecular weight is 163 g/mol. The summed E-state index contributed by atoms with van der Waals surface area (Å²) in [6.07, 6.45) is -2.16. The van der Waals surface area contributed by atoms with Crippen molar-refractivity contribution in [1.82, 2.24) is 0 Å². The number of aliphatic hydroxyl groups excluding tert-OH is 2. The predicted molar refractivity (Wildman–Crippen MR) is 37.9 cm³/mol. The van der Waals surface area contributed by atoms with Gasteiger partial charge in [0.25, 0.3) is 0 Å². The van der Waals surface area contributed by atoms with E-state index in [-0.39, 0.29) is 19.4 Å². The average Bonchev–Trinajstić information content (AvgIpc) is 1.85. The molecule has 0 rings (SSSR count). The third-order valence-electron chi connectivity index (χ3n) is 1.23. The van der Waals surface area contributed by atoms with Crippen LogP contribution < -0.4 is 5.73 Å². The van der Waals surface area contributed by atoms with Crippen molar-refractivity contribution in [1.29, 1.82) is 0 Å². The highest BCUT2D eigenvalue weighted by Crippen LogP contribution is 2.00. The number of nitrogens with two attached hydrogens (primary N) is 1. The normalized spacial score (nSPS) is 15.9. The fourth-order valence-electron chi connectivity index (χ4n) is 0.695. The Kier molecular flexibility index (Phi) is 4.76. The molecule has 5 nitrogen and oxygen atoms in total. The summed E-state index contributed by atoms with van der Waals surface area (Å²) in [7, 11) is 0. The number of carboxylic acids is 1. The molecular formula is C6H13NO4. The summed E-state index contributed by atoms with van der Waals surface area (Å²) in [6, 6.07) is 0. The number of hydrogen-bond donors (Lipinski definition) is 4. The van der Waals surface area contributed by atoms with Gasteiger partial charge in [0, 0.05) is 13.0 Å². The van der Waals surface area contributed by atoms with E-state index < -0.39 is 18.2 Å². The van der Waals surface area contributed by atoms with Crippen LogP contribution in [0.2, 0.25) is 0 Å². The number of carbonyl (C=O) groups is 1. The van der Waals surface area contributed by atoms with Gasteiger partial charge in [0.1, 0.15) is 0 Å². The Morgan fingerprint density at radius 3 is 2.27 bits per heavy atom. The van der Waals surface area contributed by atoms with Crippen LogP contribution in [0.3, 0.4) is 0 Å². The van der Waals surface area contributed by atoms with Gasteiger partial charge in [0.2, 0.25) is 0 Å². The number of aliphatic hydroxyl groups is 2. The van der Waals surface area contributed by atoms with Gasteiger partial charge in [-0.05, 0) is 0 Å². The molecule has 0 aliphatic rings. The van der Waals surface area contributed by atoms with E-state index in [4.69, 9.17) is 21.1 Å². The highest BCUT2D eigenvalue weighted by atomic mass is 16.4. The van der Waals surface area contributed by atoms with E-state index in [2.05, 4.69) is 0 Å². The van der Waals surface area contributed by atoms with Gasteiger partial charge >= 0.3 is 5.97 Å². The second kappa shape index (κ2) is 5.06. The molecule has 0 aromatic rings. The van der Waals surface area contributed by atoms with E-state index in [1.165, 1.54) is 0 Å². The van der Waals surface area contributed by atoms with Gasteiger partial charge in [0.15, 0.2) is 0 Å². The summed E-state index contributed by atoms with van der Waals surface area (Å²) >= 11 is 0. The van der Waals surface area contributed by atoms with Gasteiger partial charge in [-0.25, -0.2) is 0 Å². The molecule has 0 aliphatic heterocycles. The molecule has 0 heterocycles. The maximum absolute atomic E-state index is 10.0. The first-order valence-electron chi connectivity index (χ1n) is 3.34. The zero-order valence-electron chi connectivity index (χ0n) is 6.10. The van der Waals surface area contributed by atoms with Gasteiger partial charge in [-0.1, -0.05) is 0 Å². The molecule has 0 amide bonds. The largest absolute Gasteiger partial charge is 0.481 e. The lowest BCUT2D eigenvalue weighted by Gasteiger charge is -2.11. The van der Waals surface area contributed by atoms with Crippen LogP contribution in [-0.4, -0.2) is 40.0 Å². The number of aliphatic carboxylic acids is 1. The zero-order chi connectivity index (χ0) is 8.85. The van der Waals surface area contributed by atoms with Gasteiger partial charge < -0.3 is 21.1 Å². The summed E-state index contributed by atoms with van der Waals surface area (Å²) < 4.78 is 0. The summed E-state index contributed by atoms with van der Waals surface area (Å²) in [5.41, 5.74) is 5.04. The molecule has 0 bridgehead atoms. The van der Waals surface area contributed by atoms with Crippen LogP contribution in [0, 0.1) is 0 Å². The third-order valence-corrected chi connectivity index (χ3v) is 1.23. The van der Waals surface area contributed by atoms with Crippen molar-refractivity contribution in [3.8, 4) is 0 Å². The van der Waals surface area contributed by atoms with E-state index in [0.717, 1.165) is 0 Å². The molecular weight excluding hydrogens is 150 g/mol. The fourth-order valence-corrected chi connectivity index (χ4v) is 0.695. The fraction of sp³-hybridized carbons (Fsp3) is 0.833. The highest BCUT2D eigenvalue weighted by molar-refractivity contribution is 5.67. The lowest BCUT2D eigenvalue weighted by molar-refractivity contribution is -0.139. The van der Waals surface area contributed by atoms with Gasteiger partial charge in [-0.3, -0.25) is 4.79 Å². The topological polar surface area (TPSA) is 104 Å². The van der Waals surface area contributed by atoms with E-state index in [1.807, 2.05) is 0 Å². The molecule has 11 heavy (non-hydrogen) atoms. The highest BCUT2D eigenvalue weighted by Gasteiger charge is 2.13. The first-order valence-corrected chi connectivity index (χ1v) is 3.34. The second-order valence-electron chi connectivity index (χ2n) is 2.38. The maximum Gasteiger partial charge on any atom is 0.305 e. The molecule has 0 aromatic heterocycles. The Morgan fingerprint density at radius 1 is 1.36 bits per heavy atom. The van der Waals surface area contributed by atoms with Crippen LogP contribution in [0.15, 0.2) is 0 Å². The van der Waals surface area contributed by atoms with Crippen molar-refractivity contribution in [2.24, 2.45) is 5.73 Å². The first kappa shape index (κ1) is 10.3. The van der Waals surface area contributed by atoms with Crippen molar-refractivity contribution in [3.05, 3.63) is 0 Å². The Hall–Kier alpha value is -0.650. The minimum absolute atomic E-state index is 0.0167. The molecule has 0 saturated heterocycles. The molecule has 0 aromatic carbocycles. The molecule has 0 saturated carbocycles. The molecule has 5 heteroatoms. The zero-order valence-corrected chi connectivity index (χ0v) is 6.10. The van der Waals surface area contributed by atoms with E-state index >= 15 is 0 Å². The number of carboxylic acid groups (broad SMARTS) is 1.